The van der Waals surface area contributed by atoms with E-state index in [1.54, 1.807) is 6.20 Å². The predicted molar refractivity (Wildman–Crippen MR) is 88.0 cm³/mol. The second kappa shape index (κ2) is 8.45. The Morgan fingerprint density at radius 3 is 2.96 bits per heavy atom. The Balaban J connectivity index is 1.36. The van der Waals surface area contributed by atoms with Crippen LogP contribution < -0.4 is 5.32 Å². The topological polar surface area (TPSA) is 59.4 Å². The van der Waals surface area contributed by atoms with Crippen molar-refractivity contribution >= 4 is 5.91 Å². The second-order valence-electron chi connectivity index (χ2n) is 6.67. The molecular weight excluding hydrogens is 292 g/mol. The van der Waals surface area contributed by atoms with Gasteiger partial charge in [-0.25, -0.2) is 0 Å². The van der Waals surface area contributed by atoms with Gasteiger partial charge in [0, 0.05) is 44.5 Å². The Morgan fingerprint density at radius 2 is 2.17 bits per heavy atom. The number of nitrogens with zero attached hydrogens (tertiary/aromatic N) is 3. The molecule has 0 aromatic carbocycles. The molecule has 1 aromatic rings. The third-order valence-corrected chi connectivity index (χ3v) is 4.80. The number of carbonyl (C=O) groups excluding carboxylic acids is 1. The number of nitrogens with one attached hydrogen (secondary N) is 1. The van der Waals surface area contributed by atoms with Gasteiger partial charge in [-0.05, 0) is 18.9 Å². The van der Waals surface area contributed by atoms with Crippen LogP contribution in [0.3, 0.4) is 0 Å². The van der Waals surface area contributed by atoms with Gasteiger partial charge in [0.05, 0.1) is 19.3 Å². The summed E-state index contributed by atoms with van der Waals surface area (Å²) in [6.45, 7) is 4.11. The first-order chi connectivity index (χ1) is 11.3. The van der Waals surface area contributed by atoms with E-state index in [0.717, 1.165) is 45.6 Å². The van der Waals surface area contributed by atoms with Crippen LogP contribution in [0.5, 0.6) is 0 Å². The molecule has 1 saturated carbocycles. The van der Waals surface area contributed by atoms with Crippen molar-refractivity contribution in [1.29, 1.82) is 0 Å². The molecular formula is C17H28N4O2. The lowest BCUT2D eigenvalue weighted by atomic mass is 9.95. The molecule has 3 rings (SSSR count). The Labute approximate surface area is 138 Å². The van der Waals surface area contributed by atoms with E-state index in [1.165, 1.54) is 19.3 Å². The molecule has 1 atom stereocenters. The third-order valence-electron chi connectivity index (χ3n) is 4.80. The fourth-order valence-corrected chi connectivity index (χ4v) is 3.52. The fraction of sp³-hybridized carbons (Fsp3) is 0.765. The van der Waals surface area contributed by atoms with Crippen LogP contribution in [0.1, 0.15) is 38.5 Å². The van der Waals surface area contributed by atoms with E-state index in [4.69, 9.17) is 4.74 Å². The van der Waals surface area contributed by atoms with E-state index in [9.17, 15) is 4.79 Å². The molecule has 2 aliphatic rings. The summed E-state index contributed by atoms with van der Waals surface area (Å²) in [7, 11) is 0. The first kappa shape index (κ1) is 16.5. The summed E-state index contributed by atoms with van der Waals surface area (Å²) in [5, 5.41) is 7.42. The van der Waals surface area contributed by atoms with Crippen molar-refractivity contribution in [3.05, 3.63) is 18.5 Å². The normalized spacial score (nSPS) is 23.7. The maximum Gasteiger partial charge on any atom is 0.221 e. The van der Waals surface area contributed by atoms with E-state index in [0.29, 0.717) is 12.5 Å². The largest absolute Gasteiger partial charge is 0.374 e. The summed E-state index contributed by atoms with van der Waals surface area (Å²) in [6, 6.07) is 2.34. The molecule has 128 valence electrons. The summed E-state index contributed by atoms with van der Waals surface area (Å²) in [4.78, 5) is 14.4. The minimum atomic E-state index is 0.157. The molecule has 0 spiro atoms. The van der Waals surface area contributed by atoms with Gasteiger partial charge in [-0.2, -0.15) is 5.10 Å². The average molecular weight is 320 g/mol. The molecule has 6 heteroatoms. The fourth-order valence-electron chi connectivity index (χ4n) is 3.52. The zero-order chi connectivity index (χ0) is 15.9. The molecule has 1 aromatic heterocycles. The van der Waals surface area contributed by atoms with Gasteiger partial charge in [-0.15, -0.1) is 0 Å². The zero-order valence-corrected chi connectivity index (χ0v) is 13.8. The number of morpholine rings is 1. The third kappa shape index (κ3) is 5.32. The van der Waals surface area contributed by atoms with Crippen molar-refractivity contribution in [2.75, 3.05) is 26.2 Å². The van der Waals surface area contributed by atoms with Crippen LogP contribution >= 0.6 is 0 Å². The SMILES string of the molecule is O=C(CCN1CCOC(Cn2cccn2)C1)NC1CCCCC1. The van der Waals surface area contributed by atoms with Gasteiger partial charge in [-0.1, -0.05) is 19.3 Å². The van der Waals surface area contributed by atoms with Gasteiger partial charge in [0.25, 0.3) is 0 Å². The van der Waals surface area contributed by atoms with Crippen molar-refractivity contribution in [3.63, 3.8) is 0 Å². The number of amides is 1. The van der Waals surface area contributed by atoms with Crippen molar-refractivity contribution in [2.45, 2.75) is 57.2 Å². The maximum absolute atomic E-state index is 12.1. The van der Waals surface area contributed by atoms with Gasteiger partial charge in [-0.3, -0.25) is 14.4 Å². The molecule has 23 heavy (non-hydrogen) atoms. The Hall–Kier alpha value is -1.40. The van der Waals surface area contributed by atoms with Crippen molar-refractivity contribution in [2.24, 2.45) is 0 Å². The summed E-state index contributed by atoms with van der Waals surface area (Å²) < 4.78 is 7.71. The molecule has 1 amide bonds. The van der Waals surface area contributed by atoms with E-state index in [-0.39, 0.29) is 12.0 Å². The van der Waals surface area contributed by atoms with Crippen molar-refractivity contribution < 1.29 is 9.53 Å². The second-order valence-corrected chi connectivity index (χ2v) is 6.67. The van der Waals surface area contributed by atoms with Gasteiger partial charge < -0.3 is 10.1 Å². The summed E-state index contributed by atoms with van der Waals surface area (Å²) in [5.41, 5.74) is 0. The lowest BCUT2D eigenvalue weighted by molar-refractivity contribution is -0.122. The monoisotopic (exact) mass is 320 g/mol. The maximum atomic E-state index is 12.1. The van der Waals surface area contributed by atoms with Crippen molar-refractivity contribution in [1.82, 2.24) is 20.0 Å². The Bertz CT molecular complexity index is 471. The van der Waals surface area contributed by atoms with E-state index in [2.05, 4.69) is 15.3 Å². The van der Waals surface area contributed by atoms with Gasteiger partial charge >= 0.3 is 0 Å². The van der Waals surface area contributed by atoms with Gasteiger partial charge in [0.2, 0.25) is 5.91 Å². The Morgan fingerprint density at radius 1 is 1.30 bits per heavy atom. The molecule has 0 bridgehead atoms. The molecule has 2 fully saturated rings. The molecule has 2 heterocycles. The molecule has 1 N–H and O–H groups in total. The number of hydrogen-bond donors (Lipinski definition) is 1. The summed E-state index contributed by atoms with van der Waals surface area (Å²) >= 11 is 0. The molecule has 1 aliphatic heterocycles. The number of ether oxygens (including phenoxy) is 1. The van der Waals surface area contributed by atoms with Crippen LogP contribution in [0.2, 0.25) is 0 Å². The first-order valence-electron chi connectivity index (χ1n) is 8.90. The van der Waals surface area contributed by atoms with Crippen LogP contribution in [0, 0.1) is 0 Å². The van der Waals surface area contributed by atoms with E-state index < -0.39 is 0 Å². The highest BCUT2D eigenvalue weighted by atomic mass is 16.5. The number of carbonyl (C=O) groups is 1. The summed E-state index contributed by atoms with van der Waals surface area (Å²) in [5.74, 6) is 0.201. The number of rotatable bonds is 6. The highest BCUT2D eigenvalue weighted by Gasteiger charge is 2.22. The van der Waals surface area contributed by atoms with Crippen LogP contribution in [0.25, 0.3) is 0 Å². The lowest BCUT2D eigenvalue weighted by Crippen LogP contribution is -2.46. The molecule has 6 nitrogen and oxygen atoms in total. The van der Waals surface area contributed by atoms with E-state index in [1.807, 2.05) is 16.9 Å². The average Bonchev–Trinajstić information content (AvgIpc) is 3.07. The smallest absolute Gasteiger partial charge is 0.221 e. The first-order valence-corrected chi connectivity index (χ1v) is 8.90. The quantitative estimate of drug-likeness (QED) is 0.861. The van der Waals surface area contributed by atoms with Crippen LogP contribution in [0.4, 0.5) is 0 Å². The molecule has 1 aliphatic carbocycles. The van der Waals surface area contributed by atoms with Gasteiger partial charge in [0.15, 0.2) is 0 Å². The minimum absolute atomic E-state index is 0.157. The molecule has 0 radical (unpaired) electrons. The lowest BCUT2D eigenvalue weighted by Gasteiger charge is -2.33. The number of aromatic nitrogens is 2. The predicted octanol–water partition coefficient (Wildman–Crippen LogP) is 1.42. The van der Waals surface area contributed by atoms with Crippen molar-refractivity contribution in [3.8, 4) is 0 Å². The van der Waals surface area contributed by atoms with Gasteiger partial charge in [0.1, 0.15) is 0 Å². The highest BCUT2D eigenvalue weighted by Crippen LogP contribution is 2.17. The standard InChI is InChI=1S/C17H28N4O2/c22-17(19-15-5-2-1-3-6-15)7-10-20-11-12-23-16(13-20)14-21-9-4-8-18-21/h4,8-9,15-16H,1-3,5-7,10-14H2,(H,19,22). The highest BCUT2D eigenvalue weighted by molar-refractivity contribution is 5.76. The molecule has 1 saturated heterocycles. The molecule has 1 unspecified atom stereocenters. The Kier molecular flexibility index (Phi) is 6.05. The van der Waals surface area contributed by atoms with Crippen LogP contribution in [-0.2, 0) is 16.1 Å². The van der Waals surface area contributed by atoms with Crippen LogP contribution in [0.15, 0.2) is 18.5 Å². The zero-order valence-electron chi connectivity index (χ0n) is 13.8. The number of hydrogen-bond acceptors (Lipinski definition) is 4. The van der Waals surface area contributed by atoms with E-state index >= 15 is 0 Å². The van der Waals surface area contributed by atoms with Crippen LogP contribution in [-0.4, -0.2) is 59.0 Å². The summed E-state index contributed by atoms with van der Waals surface area (Å²) in [6.07, 6.45) is 10.6. The minimum Gasteiger partial charge on any atom is -0.374 e.